The molecule has 1 aromatic rings. The van der Waals surface area contributed by atoms with E-state index >= 15 is 0 Å². The first-order chi connectivity index (χ1) is 8.27. The normalized spacial score (nSPS) is 23.2. The summed E-state index contributed by atoms with van der Waals surface area (Å²) in [6.45, 7) is 2.30. The van der Waals surface area contributed by atoms with Gasteiger partial charge in [0.1, 0.15) is 5.82 Å². The minimum absolute atomic E-state index is 0.677. The van der Waals surface area contributed by atoms with Gasteiger partial charge in [0, 0.05) is 31.0 Å². The zero-order valence-corrected chi connectivity index (χ0v) is 10.4. The lowest BCUT2D eigenvalue weighted by Crippen LogP contribution is -2.39. The van der Waals surface area contributed by atoms with Crippen LogP contribution in [-0.4, -0.2) is 18.1 Å². The molecule has 3 heteroatoms. The molecular formula is C14H21N3. The second-order valence-electron chi connectivity index (χ2n) is 5.64. The quantitative estimate of drug-likeness (QED) is 0.808. The second-order valence-corrected chi connectivity index (χ2v) is 5.64. The number of piperidine rings is 1. The van der Waals surface area contributed by atoms with Gasteiger partial charge in [-0.1, -0.05) is 12.8 Å². The predicted molar refractivity (Wildman–Crippen MR) is 71.0 cm³/mol. The first kappa shape index (κ1) is 10.9. The molecule has 1 saturated heterocycles. The van der Waals surface area contributed by atoms with Crippen molar-refractivity contribution in [2.24, 2.45) is 5.41 Å². The van der Waals surface area contributed by atoms with Crippen LogP contribution >= 0.6 is 0 Å². The maximum absolute atomic E-state index is 5.81. The molecule has 1 saturated carbocycles. The highest BCUT2D eigenvalue weighted by atomic mass is 15.2. The molecule has 2 N–H and O–H groups in total. The van der Waals surface area contributed by atoms with Crippen molar-refractivity contribution < 1.29 is 0 Å². The minimum Gasteiger partial charge on any atom is -0.399 e. The molecule has 0 bridgehead atoms. The molecule has 1 spiro atoms. The van der Waals surface area contributed by atoms with Crippen LogP contribution in [0.15, 0.2) is 18.3 Å². The van der Waals surface area contributed by atoms with Crippen LogP contribution in [0.1, 0.15) is 38.5 Å². The van der Waals surface area contributed by atoms with Crippen LogP contribution in [0.2, 0.25) is 0 Å². The molecule has 0 aromatic carbocycles. The van der Waals surface area contributed by atoms with Crippen molar-refractivity contribution >= 4 is 11.5 Å². The lowest BCUT2D eigenvalue weighted by atomic mass is 9.77. The summed E-state index contributed by atoms with van der Waals surface area (Å²) in [5.74, 6) is 1.05. The summed E-state index contributed by atoms with van der Waals surface area (Å²) in [4.78, 5) is 6.81. The van der Waals surface area contributed by atoms with Crippen molar-refractivity contribution in [3.05, 3.63) is 18.3 Å². The molecule has 17 heavy (non-hydrogen) atoms. The molecule has 0 unspecified atom stereocenters. The summed E-state index contributed by atoms with van der Waals surface area (Å²) in [5.41, 5.74) is 7.31. The molecule has 2 heterocycles. The van der Waals surface area contributed by atoms with E-state index in [1.807, 2.05) is 18.3 Å². The predicted octanol–water partition coefficient (Wildman–Crippen LogP) is 2.82. The lowest BCUT2D eigenvalue weighted by molar-refractivity contribution is 0.226. The van der Waals surface area contributed by atoms with Gasteiger partial charge in [0.2, 0.25) is 0 Å². The average molecular weight is 231 g/mol. The van der Waals surface area contributed by atoms with Gasteiger partial charge in [0.05, 0.1) is 0 Å². The summed E-state index contributed by atoms with van der Waals surface area (Å²) < 4.78 is 0. The molecule has 2 aliphatic rings. The van der Waals surface area contributed by atoms with E-state index < -0.39 is 0 Å². The van der Waals surface area contributed by atoms with Gasteiger partial charge in [-0.2, -0.15) is 0 Å². The smallest absolute Gasteiger partial charge is 0.130 e. The van der Waals surface area contributed by atoms with Gasteiger partial charge in [0.25, 0.3) is 0 Å². The largest absolute Gasteiger partial charge is 0.399 e. The maximum atomic E-state index is 5.81. The van der Waals surface area contributed by atoms with Gasteiger partial charge in [-0.25, -0.2) is 4.98 Å². The number of hydrogen-bond acceptors (Lipinski definition) is 3. The van der Waals surface area contributed by atoms with Gasteiger partial charge in [-0.05, 0) is 37.2 Å². The van der Waals surface area contributed by atoms with Crippen LogP contribution < -0.4 is 10.6 Å². The number of hydrogen-bond donors (Lipinski definition) is 1. The Bertz CT molecular complexity index is 386. The fourth-order valence-corrected chi connectivity index (χ4v) is 3.44. The van der Waals surface area contributed by atoms with Crippen LogP contribution in [0.5, 0.6) is 0 Å². The average Bonchev–Trinajstić information content (AvgIpc) is 2.79. The summed E-state index contributed by atoms with van der Waals surface area (Å²) in [7, 11) is 0. The fraction of sp³-hybridized carbons (Fsp3) is 0.643. The zero-order valence-electron chi connectivity index (χ0n) is 10.4. The van der Waals surface area contributed by atoms with Crippen LogP contribution in [-0.2, 0) is 0 Å². The molecule has 1 aliphatic heterocycles. The first-order valence-corrected chi connectivity index (χ1v) is 6.74. The summed E-state index contributed by atoms with van der Waals surface area (Å²) in [6.07, 6.45) is 10.3. The molecule has 0 atom stereocenters. The number of pyridine rings is 1. The molecule has 1 aliphatic carbocycles. The van der Waals surface area contributed by atoms with Crippen LogP contribution in [0, 0.1) is 5.41 Å². The van der Waals surface area contributed by atoms with Crippen molar-refractivity contribution in [1.29, 1.82) is 0 Å². The second kappa shape index (κ2) is 4.21. The SMILES string of the molecule is Nc1ccnc(N2CCC3(CCCC3)CC2)c1. The number of nitrogens with two attached hydrogens (primary N) is 1. The maximum Gasteiger partial charge on any atom is 0.130 e. The minimum atomic E-state index is 0.677. The van der Waals surface area contributed by atoms with Crippen molar-refractivity contribution in [3.8, 4) is 0 Å². The van der Waals surface area contributed by atoms with E-state index in [9.17, 15) is 0 Å². The Hall–Kier alpha value is -1.25. The van der Waals surface area contributed by atoms with E-state index in [1.54, 1.807) is 0 Å². The third kappa shape index (κ3) is 2.11. The topological polar surface area (TPSA) is 42.1 Å². The van der Waals surface area contributed by atoms with Gasteiger partial charge in [0.15, 0.2) is 0 Å². The van der Waals surface area contributed by atoms with Crippen molar-refractivity contribution in [2.45, 2.75) is 38.5 Å². The molecule has 92 valence electrons. The van der Waals surface area contributed by atoms with Gasteiger partial charge >= 0.3 is 0 Å². The molecular weight excluding hydrogens is 210 g/mol. The van der Waals surface area contributed by atoms with Crippen LogP contribution in [0.4, 0.5) is 11.5 Å². The lowest BCUT2D eigenvalue weighted by Gasteiger charge is -2.40. The molecule has 3 rings (SSSR count). The number of rotatable bonds is 1. The van der Waals surface area contributed by atoms with E-state index in [-0.39, 0.29) is 0 Å². The molecule has 1 aromatic heterocycles. The van der Waals surface area contributed by atoms with Crippen molar-refractivity contribution in [3.63, 3.8) is 0 Å². The zero-order chi connectivity index (χ0) is 11.7. The first-order valence-electron chi connectivity index (χ1n) is 6.74. The Morgan fingerprint density at radius 2 is 1.82 bits per heavy atom. The third-order valence-corrected chi connectivity index (χ3v) is 4.58. The number of nitrogens with zero attached hydrogens (tertiary/aromatic N) is 2. The van der Waals surface area contributed by atoms with Crippen LogP contribution in [0.25, 0.3) is 0 Å². The van der Waals surface area contributed by atoms with E-state index in [2.05, 4.69) is 9.88 Å². The Kier molecular flexibility index (Phi) is 2.69. The van der Waals surface area contributed by atoms with E-state index in [4.69, 9.17) is 5.73 Å². The van der Waals surface area contributed by atoms with Crippen molar-refractivity contribution in [2.75, 3.05) is 23.7 Å². The highest BCUT2D eigenvalue weighted by Gasteiger charge is 2.37. The Morgan fingerprint density at radius 1 is 1.12 bits per heavy atom. The van der Waals surface area contributed by atoms with Gasteiger partial charge < -0.3 is 10.6 Å². The third-order valence-electron chi connectivity index (χ3n) is 4.58. The molecule has 0 amide bonds. The Labute approximate surface area is 103 Å². The van der Waals surface area contributed by atoms with Crippen LogP contribution in [0.3, 0.4) is 0 Å². The van der Waals surface area contributed by atoms with E-state index in [0.717, 1.165) is 24.6 Å². The monoisotopic (exact) mass is 231 g/mol. The summed E-state index contributed by atoms with van der Waals surface area (Å²) >= 11 is 0. The van der Waals surface area contributed by atoms with E-state index in [1.165, 1.54) is 38.5 Å². The molecule has 3 nitrogen and oxygen atoms in total. The standard InChI is InChI=1S/C14H21N3/c15-12-3-8-16-13(11-12)17-9-6-14(7-10-17)4-1-2-5-14/h3,8,11H,1-2,4-7,9-10H2,(H2,15,16). The molecule has 0 radical (unpaired) electrons. The Morgan fingerprint density at radius 3 is 2.47 bits per heavy atom. The highest BCUT2D eigenvalue weighted by molar-refractivity contribution is 5.50. The van der Waals surface area contributed by atoms with Gasteiger partial charge in [-0.3, -0.25) is 0 Å². The van der Waals surface area contributed by atoms with Gasteiger partial charge in [-0.15, -0.1) is 0 Å². The fourth-order valence-electron chi connectivity index (χ4n) is 3.44. The summed E-state index contributed by atoms with van der Waals surface area (Å²) in [6, 6.07) is 3.85. The number of nitrogen functional groups attached to an aromatic ring is 1. The van der Waals surface area contributed by atoms with Crippen molar-refractivity contribution in [1.82, 2.24) is 4.98 Å². The summed E-state index contributed by atoms with van der Waals surface area (Å²) in [5, 5.41) is 0. The number of anilines is 2. The molecule has 2 fully saturated rings. The number of aromatic nitrogens is 1. The highest BCUT2D eigenvalue weighted by Crippen LogP contribution is 2.46. The Balaban J connectivity index is 1.68. The van der Waals surface area contributed by atoms with E-state index in [0.29, 0.717) is 5.41 Å².